The van der Waals surface area contributed by atoms with Crippen molar-refractivity contribution >= 4 is 23.5 Å². The van der Waals surface area contributed by atoms with Crippen LogP contribution in [0, 0.1) is 0 Å². The van der Waals surface area contributed by atoms with Crippen molar-refractivity contribution in [3.63, 3.8) is 0 Å². The summed E-state index contributed by atoms with van der Waals surface area (Å²) in [5.41, 5.74) is 0.286. The summed E-state index contributed by atoms with van der Waals surface area (Å²) >= 11 is 0. The molecule has 0 atom stereocenters. The fourth-order valence-electron chi connectivity index (χ4n) is 2.21. The highest BCUT2D eigenvalue weighted by Crippen LogP contribution is 2.13. The van der Waals surface area contributed by atoms with E-state index in [2.05, 4.69) is 27.7 Å². The standard InChI is InChI=1S/C22H20O10.C2H4/c1-27-17-7-3-15(4-8-17)19(23)21(25)29-11-13-31-32-14-12-30-22(26)20(24)16-5-9-18(28-2)10-6-16;1-2/h3-11,13H,12,14H2,1-2H3;1-2H2/b13-11-;. The quantitative estimate of drug-likeness (QED) is 0.0665. The van der Waals surface area contributed by atoms with Gasteiger partial charge in [0, 0.05) is 11.1 Å². The van der Waals surface area contributed by atoms with E-state index in [1.54, 1.807) is 12.1 Å². The highest BCUT2D eigenvalue weighted by atomic mass is 17.2. The third kappa shape index (κ3) is 8.97. The molecule has 0 spiro atoms. The van der Waals surface area contributed by atoms with Gasteiger partial charge >= 0.3 is 11.9 Å². The molecule has 2 rings (SSSR count). The summed E-state index contributed by atoms with van der Waals surface area (Å²) in [7, 11) is 2.96. The Morgan fingerprint density at radius 3 is 1.65 bits per heavy atom. The number of rotatable bonds is 12. The van der Waals surface area contributed by atoms with Crippen molar-refractivity contribution in [2.75, 3.05) is 27.4 Å². The second-order valence-corrected chi connectivity index (χ2v) is 5.85. The van der Waals surface area contributed by atoms with Gasteiger partial charge in [-0.05, 0) is 48.5 Å². The second kappa shape index (κ2) is 15.4. The molecule has 0 N–H and O–H groups in total. The summed E-state index contributed by atoms with van der Waals surface area (Å²) in [5, 5.41) is 0. The lowest BCUT2D eigenvalue weighted by Gasteiger charge is -2.05. The Morgan fingerprint density at radius 2 is 1.18 bits per heavy atom. The zero-order valence-corrected chi connectivity index (χ0v) is 18.7. The van der Waals surface area contributed by atoms with Gasteiger partial charge in [0.1, 0.15) is 31.0 Å². The molecular weight excluding hydrogens is 448 g/mol. The first-order valence-corrected chi connectivity index (χ1v) is 9.64. The molecule has 2 aromatic rings. The van der Waals surface area contributed by atoms with E-state index in [-0.39, 0.29) is 24.3 Å². The third-order valence-corrected chi connectivity index (χ3v) is 3.83. The molecule has 0 aromatic heterocycles. The minimum atomic E-state index is -1.12. The molecule has 10 nitrogen and oxygen atoms in total. The molecule has 0 saturated carbocycles. The fraction of sp³-hybridized carbons (Fsp3) is 0.167. The van der Waals surface area contributed by atoms with Gasteiger partial charge in [0.25, 0.3) is 11.6 Å². The van der Waals surface area contributed by atoms with Gasteiger partial charge in [-0.15, -0.1) is 13.2 Å². The Bertz CT molecular complexity index is 978. The van der Waals surface area contributed by atoms with Crippen LogP contribution >= 0.6 is 0 Å². The van der Waals surface area contributed by atoms with E-state index in [9.17, 15) is 19.2 Å². The van der Waals surface area contributed by atoms with Gasteiger partial charge in [-0.2, -0.15) is 4.89 Å². The van der Waals surface area contributed by atoms with E-state index in [0.29, 0.717) is 11.5 Å². The number of benzene rings is 2. The highest BCUT2D eigenvalue weighted by molar-refractivity contribution is 6.41. The van der Waals surface area contributed by atoms with E-state index in [1.165, 1.54) is 50.6 Å². The van der Waals surface area contributed by atoms with Gasteiger partial charge in [0.2, 0.25) is 0 Å². The second-order valence-electron chi connectivity index (χ2n) is 5.85. The van der Waals surface area contributed by atoms with Crippen LogP contribution in [0.15, 0.2) is 74.2 Å². The number of hydrogen-bond donors (Lipinski definition) is 0. The van der Waals surface area contributed by atoms with Gasteiger partial charge in [-0.1, -0.05) is 0 Å². The minimum Gasteiger partial charge on any atom is -0.497 e. The van der Waals surface area contributed by atoms with Crippen molar-refractivity contribution in [3.05, 3.63) is 85.3 Å². The molecule has 0 aliphatic rings. The largest absolute Gasteiger partial charge is 0.497 e. The molecule has 0 unspecified atom stereocenters. The van der Waals surface area contributed by atoms with Crippen molar-refractivity contribution in [1.29, 1.82) is 0 Å². The molecule has 10 heteroatoms. The van der Waals surface area contributed by atoms with Crippen LogP contribution in [0.1, 0.15) is 20.7 Å². The lowest BCUT2D eigenvalue weighted by Crippen LogP contribution is -2.19. The van der Waals surface area contributed by atoms with E-state index in [0.717, 1.165) is 12.5 Å². The Hall–Kier alpha value is -4.44. The Kier molecular flexibility index (Phi) is 12.5. The zero-order valence-electron chi connectivity index (χ0n) is 18.7. The van der Waals surface area contributed by atoms with Crippen LogP contribution in [0.4, 0.5) is 0 Å². The topological polar surface area (TPSA) is 124 Å². The van der Waals surface area contributed by atoms with Crippen LogP contribution < -0.4 is 9.47 Å². The number of carbonyl (C=O) groups is 4. The zero-order chi connectivity index (χ0) is 25.3. The molecule has 0 amide bonds. The van der Waals surface area contributed by atoms with Crippen molar-refractivity contribution in [1.82, 2.24) is 0 Å². The van der Waals surface area contributed by atoms with E-state index < -0.39 is 23.5 Å². The van der Waals surface area contributed by atoms with Crippen LogP contribution in [0.5, 0.6) is 11.5 Å². The van der Waals surface area contributed by atoms with Crippen molar-refractivity contribution in [2.24, 2.45) is 0 Å². The van der Waals surface area contributed by atoms with Gasteiger partial charge in [-0.25, -0.2) is 9.59 Å². The monoisotopic (exact) mass is 472 g/mol. The van der Waals surface area contributed by atoms with Gasteiger partial charge < -0.3 is 23.8 Å². The van der Waals surface area contributed by atoms with Crippen molar-refractivity contribution in [3.8, 4) is 11.5 Å². The van der Waals surface area contributed by atoms with Crippen molar-refractivity contribution < 1.29 is 47.9 Å². The number of hydrogen-bond acceptors (Lipinski definition) is 10. The smallest absolute Gasteiger partial charge is 0.384 e. The lowest BCUT2D eigenvalue weighted by atomic mass is 10.1. The molecule has 180 valence electrons. The van der Waals surface area contributed by atoms with Crippen LogP contribution in [-0.2, 0) is 28.8 Å². The molecule has 0 fully saturated rings. The molecule has 34 heavy (non-hydrogen) atoms. The number of Topliss-reactive ketones (excluding diaryl/α,β-unsaturated/α-hetero) is 2. The molecule has 2 aromatic carbocycles. The predicted octanol–water partition coefficient (Wildman–Crippen LogP) is 3.08. The maximum Gasteiger partial charge on any atom is 0.384 e. The fourth-order valence-corrected chi connectivity index (χ4v) is 2.21. The van der Waals surface area contributed by atoms with Gasteiger partial charge in [0.05, 0.1) is 14.2 Å². The van der Waals surface area contributed by atoms with E-state index in [1.807, 2.05) is 0 Å². The molecule has 0 aliphatic heterocycles. The average molecular weight is 472 g/mol. The third-order valence-electron chi connectivity index (χ3n) is 3.83. The normalized spacial score (nSPS) is 9.82. The Balaban J connectivity index is 0.00000281. The maximum atomic E-state index is 11.9. The average Bonchev–Trinajstić information content (AvgIpc) is 2.90. The van der Waals surface area contributed by atoms with E-state index in [4.69, 9.17) is 14.2 Å². The molecule has 0 bridgehead atoms. The number of ether oxygens (including phenoxy) is 4. The predicted molar refractivity (Wildman–Crippen MR) is 119 cm³/mol. The molecule has 0 radical (unpaired) electrons. The van der Waals surface area contributed by atoms with Crippen LogP contribution in [-0.4, -0.2) is 50.9 Å². The first-order valence-electron chi connectivity index (χ1n) is 9.64. The molecule has 0 saturated heterocycles. The highest BCUT2D eigenvalue weighted by Gasteiger charge is 2.18. The maximum absolute atomic E-state index is 11.9. The van der Waals surface area contributed by atoms with Crippen LogP contribution in [0.25, 0.3) is 0 Å². The van der Waals surface area contributed by atoms with Crippen LogP contribution in [0.3, 0.4) is 0 Å². The first kappa shape index (κ1) is 27.6. The number of ketones is 2. The summed E-state index contributed by atoms with van der Waals surface area (Å²) in [4.78, 5) is 56.5. The molecule has 0 heterocycles. The number of carbonyl (C=O) groups excluding carboxylic acids is 4. The van der Waals surface area contributed by atoms with E-state index >= 15 is 0 Å². The summed E-state index contributed by atoms with van der Waals surface area (Å²) in [6.45, 7) is 5.54. The molecular formula is C24H24O10. The summed E-state index contributed by atoms with van der Waals surface area (Å²) in [6, 6.07) is 11.9. The van der Waals surface area contributed by atoms with Crippen LogP contribution in [0.2, 0.25) is 0 Å². The van der Waals surface area contributed by atoms with Crippen molar-refractivity contribution in [2.45, 2.75) is 0 Å². The summed E-state index contributed by atoms with van der Waals surface area (Å²) < 4.78 is 19.3. The van der Waals surface area contributed by atoms with Gasteiger partial charge in [-0.3, -0.25) is 9.59 Å². The first-order chi connectivity index (χ1) is 16.5. The minimum absolute atomic E-state index is 0.132. The molecule has 0 aliphatic carbocycles. The Morgan fingerprint density at radius 1 is 0.706 bits per heavy atom. The summed E-state index contributed by atoms with van der Waals surface area (Å²) in [5.74, 6) is -2.77. The van der Waals surface area contributed by atoms with Gasteiger partial charge in [0.15, 0.2) is 6.26 Å². The summed E-state index contributed by atoms with van der Waals surface area (Å²) in [6.07, 6.45) is 1.67. The lowest BCUT2D eigenvalue weighted by molar-refractivity contribution is -0.255. The number of esters is 2. The number of methoxy groups -OCH3 is 2. The Labute approximate surface area is 196 Å². The SMILES string of the molecule is C=C.COc1ccc(C(=O)C(=O)O/C=C\OOCCOC(=O)C(=O)c2ccc(OC)cc2)cc1.